The molecule has 1 aliphatic rings. The van der Waals surface area contributed by atoms with Crippen molar-refractivity contribution in [1.29, 1.82) is 0 Å². The van der Waals surface area contributed by atoms with Crippen molar-refractivity contribution in [2.45, 2.75) is 6.42 Å². The van der Waals surface area contributed by atoms with Gasteiger partial charge in [0.05, 0.1) is 10.6 Å². The van der Waals surface area contributed by atoms with Gasteiger partial charge in [-0.25, -0.2) is 14.0 Å². The minimum Gasteiger partial charge on any atom is -0.478 e. The van der Waals surface area contributed by atoms with Gasteiger partial charge < -0.3 is 14.8 Å². The molecule has 1 aromatic heterocycles. The van der Waals surface area contributed by atoms with Gasteiger partial charge in [0, 0.05) is 17.6 Å². The highest BCUT2D eigenvalue weighted by molar-refractivity contribution is 6.33. The lowest BCUT2D eigenvalue weighted by Gasteiger charge is -2.09. The normalized spacial score (nSPS) is 14.9. The monoisotopic (exact) mass is 440 g/mol. The number of aromatic carboxylic acids is 1. The number of benzene rings is 2. The van der Waals surface area contributed by atoms with Crippen molar-refractivity contribution in [1.82, 2.24) is 10.6 Å². The Kier molecular flexibility index (Phi) is 5.31. The largest absolute Gasteiger partial charge is 0.478 e. The summed E-state index contributed by atoms with van der Waals surface area (Å²) in [6.07, 6.45) is -0.0362. The Morgan fingerprint density at radius 1 is 1.06 bits per heavy atom. The smallest absolute Gasteiger partial charge is 0.335 e. The van der Waals surface area contributed by atoms with Crippen LogP contribution in [0.15, 0.2) is 64.7 Å². The lowest BCUT2D eigenvalue weighted by molar-refractivity contribution is -0.115. The molecule has 0 bridgehead atoms. The van der Waals surface area contributed by atoms with Crippen molar-refractivity contribution < 1.29 is 28.3 Å². The third-order valence-corrected chi connectivity index (χ3v) is 5.03. The fourth-order valence-electron chi connectivity index (χ4n) is 3.20. The van der Waals surface area contributed by atoms with E-state index in [0.717, 1.165) is 0 Å². The number of urea groups is 1. The number of hydrogen-bond donors (Lipinski definition) is 3. The van der Waals surface area contributed by atoms with E-state index in [1.165, 1.54) is 30.3 Å². The zero-order chi connectivity index (χ0) is 22.1. The van der Waals surface area contributed by atoms with Crippen LogP contribution in [0.4, 0.5) is 9.18 Å². The van der Waals surface area contributed by atoms with E-state index >= 15 is 0 Å². The van der Waals surface area contributed by atoms with Crippen LogP contribution in [-0.4, -0.2) is 23.0 Å². The van der Waals surface area contributed by atoms with Crippen molar-refractivity contribution in [2.24, 2.45) is 0 Å². The summed E-state index contributed by atoms with van der Waals surface area (Å²) in [5, 5.41) is 14.0. The third-order valence-electron chi connectivity index (χ3n) is 4.70. The average Bonchev–Trinajstić information content (AvgIpc) is 3.34. The minimum absolute atomic E-state index is 0.0183. The number of allylic oxidation sites excluding steroid dienone is 1. The fraction of sp³-hybridized carbons (Fsp3) is 0.0455. The van der Waals surface area contributed by atoms with Gasteiger partial charge in [0.2, 0.25) is 0 Å². The number of halogens is 2. The second-order valence-corrected chi connectivity index (χ2v) is 7.10. The topological polar surface area (TPSA) is 109 Å². The molecule has 7 nitrogen and oxygen atoms in total. The fourth-order valence-corrected chi connectivity index (χ4v) is 3.41. The molecule has 0 spiro atoms. The van der Waals surface area contributed by atoms with E-state index in [2.05, 4.69) is 10.6 Å². The summed E-state index contributed by atoms with van der Waals surface area (Å²) in [5.41, 5.74) is 0.847. The molecule has 2 heterocycles. The van der Waals surface area contributed by atoms with Crippen molar-refractivity contribution in [3.8, 4) is 11.3 Å². The van der Waals surface area contributed by atoms with Crippen molar-refractivity contribution in [2.75, 3.05) is 0 Å². The van der Waals surface area contributed by atoms with Gasteiger partial charge in [-0.2, -0.15) is 0 Å². The molecule has 0 radical (unpaired) electrons. The second-order valence-electron chi connectivity index (χ2n) is 6.69. The van der Waals surface area contributed by atoms with Gasteiger partial charge in [-0.15, -0.1) is 0 Å². The van der Waals surface area contributed by atoms with Gasteiger partial charge in [0.25, 0.3) is 5.91 Å². The SMILES string of the molecule is O=C1NC(=O)C(=C(Cc2ccccc2F)c2ccc(-c3cc(C(=O)O)ccc3Cl)o2)N1. The lowest BCUT2D eigenvalue weighted by Crippen LogP contribution is -2.22. The first-order chi connectivity index (χ1) is 14.8. The summed E-state index contributed by atoms with van der Waals surface area (Å²) in [7, 11) is 0. The molecular weight excluding hydrogens is 427 g/mol. The van der Waals surface area contributed by atoms with Crippen LogP contribution in [0.3, 0.4) is 0 Å². The maximum atomic E-state index is 14.3. The van der Waals surface area contributed by atoms with Gasteiger partial charge in [0.15, 0.2) is 0 Å². The number of carbonyl (C=O) groups excluding carboxylic acids is 2. The molecule has 156 valence electrons. The third kappa shape index (κ3) is 4.06. The number of rotatable bonds is 5. The molecule has 1 saturated heterocycles. The molecule has 1 aliphatic heterocycles. The van der Waals surface area contributed by atoms with Gasteiger partial charge in [-0.1, -0.05) is 29.8 Å². The lowest BCUT2D eigenvalue weighted by atomic mass is 10.0. The Morgan fingerprint density at radius 3 is 2.52 bits per heavy atom. The Balaban J connectivity index is 1.81. The van der Waals surface area contributed by atoms with E-state index in [1.54, 1.807) is 24.3 Å². The number of amides is 3. The van der Waals surface area contributed by atoms with E-state index in [-0.39, 0.29) is 39.8 Å². The van der Waals surface area contributed by atoms with Crippen molar-refractivity contribution in [3.05, 3.63) is 88.0 Å². The summed E-state index contributed by atoms with van der Waals surface area (Å²) in [6.45, 7) is 0. The molecule has 0 saturated carbocycles. The van der Waals surface area contributed by atoms with E-state index < -0.39 is 23.7 Å². The van der Waals surface area contributed by atoms with Crippen LogP contribution in [0, 0.1) is 5.82 Å². The number of carboxylic acid groups (broad SMARTS) is 1. The summed E-state index contributed by atoms with van der Waals surface area (Å²) in [4.78, 5) is 35.2. The van der Waals surface area contributed by atoms with Gasteiger partial charge in [-0.05, 0) is 42.0 Å². The second kappa shape index (κ2) is 8.08. The Morgan fingerprint density at radius 2 is 1.84 bits per heavy atom. The van der Waals surface area contributed by atoms with Crippen LogP contribution in [0.25, 0.3) is 16.9 Å². The first kappa shape index (κ1) is 20.4. The molecule has 31 heavy (non-hydrogen) atoms. The maximum Gasteiger partial charge on any atom is 0.335 e. The molecular formula is C22H14ClFN2O5. The highest BCUT2D eigenvalue weighted by atomic mass is 35.5. The molecule has 3 amide bonds. The van der Waals surface area contributed by atoms with Crippen molar-refractivity contribution in [3.63, 3.8) is 0 Å². The molecule has 3 N–H and O–H groups in total. The molecule has 0 unspecified atom stereocenters. The first-order valence-electron chi connectivity index (χ1n) is 9.06. The summed E-state index contributed by atoms with van der Waals surface area (Å²) in [5.74, 6) is -1.83. The highest BCUT2D eigenvalue weighted by Crippen LogP contribution is 2.34. The van der Waals surface area contributed by atoms with Gasteiger partial charge in [0.1, 0.15) is 23.0 Å². The predicted molar refractivity (Wildman–Crippen MR) is 110 cm³/mol. The summed E-state index contributed by atoms with van der Waals surface area (Å²) >= 11 is 6.21. The number of furan rings is 1. The molecule has 0 aliphatic carbocycles. The van der Waals surface area contributed by atoms with E-state index in [0.29, 0.717) is 11.1 Å². The van der Waals surface area contributed by atoms with Crippen LogP contribution in [0.2, 0.25) is 5.02 Å². The molecule has 4 rings (SSSR count). The first-order valence-corrected chi connectivity index (χ1v) is 9.43. The molecule has 0 atom stereocenters. The molecule has 3 aromatic rings. The minimum atomic E-state index is -1.13. The van der Waals surface area contributed by atoms with Crippen LogP contribution >= 0.6 is 11.6 Å². The average molecular weight is 441 g/mol. The number of carbonyl (C=O) groups is 3. The molecule has 1 fully saturated rings. The molecule has 2 aromatic carbocycles. The van der Waals surface area contributed by atoms with Crippen LogP contribution in [0.1, 0.15) is 21.7 Å². The maximum absolute atomic E-state index is 14.3. The Hall–Kier alpha value is -3.91. The number of carboxylic acids is 1. The number of imide groups is 1. The highest BCUT2D eigenvalue weighted by Gasteiger charge is 2.29. The van der Waals surface area contributed by atoms with E-state index in [1.807, 2.05) is 0 Å². The zero-order valence-electron chi connectivity index (χ0n) is 15.7. The number of hydrogen-bond acceptors (Lipinski definition) is 4. The Bertz CT molecular complexity index is 1260. The Labute approximate surface area is 180 Å². The van der Waals surface area contributed by atoms with Crippen molar-refractivity contribution >= 4 is 35.1 Å². The molecule has 9 heteroatoms. The summed E-state index contributed by atoms with van der Waals surface area (Å²) in [6, 6.07) is 12.6. The van der Waals surface area contributed by atoms with Crippen LogP contribution < -0.4 is 10.6 Å². The van der Waals surface area contributed by atoms with E-state index in [9.17, 15) is 23.9 Å². The summed E-state index contributed by atoms with van der Waals surface area (Å²) < 4.78 is 20.1. The van der Waals surface area contributed by atoms with E-state index in [4.69, 9.17) is 16.0 Å². The van der Waals surface area contributed by atoms with Gasteiger partial charge in [-0.3, -0.25) is 10.1 Å². The standard InChI is InChI=1S/C22H14ClFN2O5/c23-15-6-5-12(21(28)29)10-13(15)17-7-8-18(31-17)14(19-20(27)26-22(30)25-19)9-11-3-1-2-4-16(11)24/h1-8,10H,9H2,(H,28,29)(H2,25,26,27,30). The van der Waals surface area contributed by atoms with Gasteiger partial charge >= 0.3 is 12.0 Å². The van der Waals surface area contributed by atoms with Crippen LogP contribution in [0.5, 0.6) is 0 Å². The quantitative estimate of drug-likeness (QED) is 0.406. The predicted octanol–water partition coefficient (Wildman–Crippen LogP) is 4.23. The van der Waals surface area contributed by atoms with Crippen LogP contribution in [-0.2, 0) is 11.2 Å². The zero-order valence-corrected chi connectivity index (χ0v) is 16.5. The number of nitrogens with one attached hydrogen (secondary N) is 2.